The van der Waals surface area contributed by atoms with Gasteiger partial charge in [0.1, 0.15) is 0 Å². The van der Waals surface area contributed by atoms with Gasteiger partial charge in [-0.2, -0.15) is 0 Å². The van der Waals surface area contributed by atoms with Gasteiger partial charge >= 0.3 is 5.97 Å². The zero-order valence-corrected chi connectivity index (χ0v) is 11.2. The minimum atomic E-state index is -1.03. The van der Waals surface area contributed by atoms with Crippen molar-refractivity contribution in [1.29, 1.82) is 0 Å². The fourth-order valence-corrected chi connectivity index (χ4v) is 1.53. The number of nitro groups is 1. The fourth-order valence-electron chi connectivity index (χ4n) is 1.53. The molecular formula is C13H16N2O5. The molecule has 0 saturated carbocycles. The lowest BCUT2D eigenvalue weighted by atomic mass is 9.95. The van der Waals surface area contributed by atoms with Crippen LogP contribution in [-0.2, 0) is 16.1 Å². The van der Waals surface area contributed by atoms with E-state index in [1.807, 2.05) is 0 Å². The Hall–Kier alpha value is -2.44. The van der Waals surface area contributed by atoms with Gasteiger partial charge in [-0.15, -0.1) is 0 Å². The highest BCUT2D eigenvalue weighted by atomic mass is 16.6. The van der Waals surface area contributed by atoms with E-state index in [0.717, 1.165) is 0 Å². The molecule has 7 nitrogen and oxygen atoms in total. The first-order valence-electron chi connectivity index (χ1n) is 6.06. The predicted octanol–water partition coefficient (Wildman–Crippen LogP) is 1.57. The molecule has 0 heterocycles. The first kappa shape index (κ1) is 15.6. The molecule has 2 atom stereocenters. The Morgan fingerprint density at radius 3 is 2.25 bits per heavy atom. The van der Waals surface area contributed by atoms with Crippen LogP contribution >= 0.6 is 0 Å². The van der Waals surface area contributed by atoms with Crippen molar-refractivity contribution >= 4 is 17.6 Å². The number of non-ortho nitro benzene ring substituents is 1. The Morgan fingerprint density at radius 2 is 1.80 bits per heavy atom. The summed E-state index contributed by atoms with van der Waals surface area (Å²) in [7, 11) is 0. The van der Waals surface area contributed by atoms with Crippen molar-refractivity contribution in [3.05, 3.63) is 39.9 Å². The Bertz CT molecular complexity index is 512. The number of aliphatic carboxylic acids is 1. The number of amides is 1. The summed E-state index contributed by atoms with van der Waals surface area (Å²) in [5, 5.41) is 21.9. The maximum absolute atomic E-state index is 11.8. The summed E-state index contributed by atoms with van der Waals surface area (Å²) in [6.45, 7) is 3.22. The molecule has 108 valence electrons. The molecule has 0 bridgehead atoms. The third kappa shape index (κ3) is 4.04. The molecular weight excluding hydrogens is 264 g/mol. The van der Waals surface area contributed by atoms with Crippen molar-refractivity contribution in [3.8, 4) is 0 Å². The molecule has 0 saturated heterocycles. The van der Waals surface area contributed by atoms with E-state index in [9.17, 15) is 19.7 Å². The minimum Gasteiger partial charge on any atom is -0.481 e. The first-order chi connectivity index (χ1) is 9.32. The quantitative estimate of drug-likeness (QED) is 0.607. The maximum atomic E-state index is 11.8. The molecule has 0 aromatic heterocycles. The summed E-state index contributed by atoms with van der Waals surface area (Å²) in [5.41, 5.74) is 0.687. The second-order valence-electron chi connectivity index (χ2n) is 4.56. The van der Waals surface area contributed by atoms with Crippen LogP contribution in [0.15, 0.2) is 24.3 Å². The van der Waals surface area contributed by atoms with Gasteiger partial charge in [0.05, 0.1) is 10.8 Å². The van der Waals surface area contributed by atoms with Crippen LogP contribution in [0.2, 0.25) is 0 Å². The van der Waals surface area contributed by atoms with Gasteiger partial charge in [0, 0.05) is 24.6 Å². The SMILES string of the molecule is CC(C(=O)O)C(C)C(=O)NCc1ccc([N+](=O)[O-])cc1. The number of benzene rings is 1. The van der Waals surface area contributed by atoms with Crippen LogP contribution in [-0.4, -0.2) is 21.9 Å². The topological polar surface area (TPSA) is 110 Å². The van der Waals surface area contributed by atoms with Gasteiger partial charge in [-0.25, -0.2) is 0 Å². The Morgan fingerprint density at radius 1 is 1.25 bits per heavy atom. The molecule has 1 aromatic carbocycles. The molecule has 0 radical (unpaired) electrons. The van der Waals surface area contributed by atoms with Gasteiger partial charge in [-0.05, 0) is 5.56 Å². The van der Waals surface area contributed by atoms with Gasteiger partial charge < -0.3 is 10.4 Å². The number of nitro benzene ring substituents is 1. The van der Waals surface area contributed by atoms with Crippen LogP contribution in [0.5, 0.6) is 0 Å². The number of nitrogens with one attached hydrogen (secondary N) is 1. The average Bonchev–Trinajstić information content (AvgIpc) is 2.43. The molecule has 0 spiro atoms. The highest BCUT2D eigenvalue weighted by molar-refractivity contribution is 5.84. The lowest BCUT2D eigenvalue weighted by Crippen LogP contribution is -2.34. The molecule has 1 rings (SSSR count). The molecule has 0 aliphatic rings. The summed E-state index contributed by atoms with van der Waals surface area (Å²) in [6, 6.07) is 5.79. The molecule has 0 aliphatic carbocycles. The standard InChI is InChI=1S/C13H16N2O5/c1-8(9(2)13(17)18)12(16)14-7-10-3-5-11(6-4-10)15(19)20/h3-6,8-9H,7H2,1-2H3,(H,14,16)(H,17,18). The number of carboxylic acids is 1. The van der Waals surface area contributed by atoms with Crippen LogP contribution in [0.25, 0.3) is 0 Å². The van der Waals surface area contributed by atoms with E-state index in [0.29, 0.717) is 5.56 Å². The minimum absolute atomic E-state index is 0.0204. The number of carbonyl (C=O) groups excluding carboxylic acids is 1. The number of nitrogens with zero attached hydrogens (tertiary/aromatic N) is 1. The van der Waals surface area contributed by atoms with Gasteiger partial charge in [-0.3, -0.25) is 19.7 Å². The van der Waals surface area contributed by atoms with Gasteiger partial charge in [0.2, 0.25) is 5.91 Å². The fraction of sp³-hybridized carbons (Fsp3) is 0.385. The zero-order chi connectivity index (χ0) is 15.3. The molecule has 2 unspecified atom stereocenters. The van der Waals surface area contributed by atoms with Crippen LogP contribution in [0.3, 0.4) is 0 Å². The van der Waals surface area contributed by atoms with Crippen LogP contribution in [0, 0.1) is 22.0 Å². The van der Waals surface area contributed by atoms with Crippen molar-refractivity contribution in [2.75, 3.05) is 0 Å². The Kier molecular flexibility index (Phi) is 5.19. The van der Waals surface area contributed by atoms with Crippen molar-refractivity contribution in [2.45, 2.75) is 20.4 Å². The van der Waals surface area contributed by atoms with E-state index in [1.54, 1.807) is 19.1 Å². The van der Waals surface area contributed by atoms with E-state index >= 15 is 0 Å². The van der Waals surface area contributed by atoms with Crippen molar-refractivity contribution in [1.82, 2.24) is 5.32 Å². The molecule has 1 aromatic rings. The zero-order valence-electron chi connectivity index (χ0n) is 11.2. The lowest BCUT2D eigenvalue weighted by Gasteiger charge is -2.15. The summed E-state index contributed by atoms with van der Waals surface area (Å²) in [6.07, 6.45) is 0. The molecule has 7 heteroatoms. The van der Waals surface area contributed by atoms with E-state index < -0.39 is 22.7 Å². The van der Waals surface area contributed by atoms with E-state index in [4.69, 9.17) is 5.11 Å². The van der Waals surface area contributed by atoms with Gasteiger partial charge in [0.15, 0.2) is 0 Å². The van der Waals surface area contributed by atoms with Crippen LogP contribution < -0.4 is 5.32 Å². The molecule has 20 heavy (non-hydrogen) atoms. The third-order valence-corrected chi connectivity index (χ3v) is 3.17. The number of carboxylic acid groups (broad SMARTS) is 1. The molecule has 0 aliphatic heterocycles. The second-order valence-corrected chi connectivity index (χ2v) is 4.56. The van der Waals surface area contributed by atoms with Crippen molar-refractivity contribution < 1.29 is 19.6 Å². The Labute approximate surface area is 115 Å². The average molecular weight is 280 g/mol. The van der Waals surface area contributed by atoms with Crippen molar-refractivity contribution in [3.63, 3.8) is 0 Å². The number of hydrogen-bond donors (Lipinski definition) is 2. The highest BCUT2D eigenvalue weighted by Gasteiger charge is 2.25. The van der Waals surface area contributed by atoms with Crippen LogP contribution in [0.1, 0.15) is 19.4 Å². The second kappa shape index (κ2) is 6.65. The summed E-state index contributed by atoms with van der Waals surface area (Å²) < 4.78 is 0. The number of rotatable bonds is 6. The van der Waals surface area contributed by atoms with Crippen LogP contribution in [0.4, 0.5) is 5.69 Å². The summed E-state index contributed by atoms with van der Waals surface area (Å²) in [5.74, 6) is -2.81. The number of hydrogen-bond acceptors (Lipinski definition) is 4. The largest absolute Gasteiger partial charge is 0.481 e. The summed E-state index contributed by atoms with van der Waals surface area (Å²) >= 11 is 0. The number of carbonyl (C=O) groups is 2. The first-order valence-corrected chi connectivity index (χ1v) is 6.06. The third-order valence-electron chi connectivity index (χ3n) is 3.17. The van der Waals surface area contributed by atoms with E-state index in [-0.39, 0.29) is 18.1 Å². The Balaban J connectivity index is 2.56. The normalized spacial score (nSPS) is 13.3. The highest BCUT2D eigenvalue weighted by Crippen LogP contribution is 2.13. The van der Waals surface area contributed by atoms with E-state index in [1.165, 1.54) is 19.1 Å². The molecule has 0 fully saturated rings. The van der Waals surface area contributed by atoms with Gasteiger partial charge in [0.25, 0.3) is 5.69 Å². The maximum Gasteiger partial charge on any atom is 0.307 e. The molecule has 2 N–H and O–H groups in total. The molecule has 1 amide bonds. The van der Waals surface area contributed by atoms with E-state index in [2.05, 4.69) is 5.32 Å². The smallest absolute Gasteiger partial charge is 0.307 e. The van der Waals surface area contributed by atoms with Crippen molar-refractivity contribution in [2.24, 2.45) is 11.8 Å². The summed E-state index contributed by atoms with van der Waals surface area (Å²) in [4.78, 5) is 32.5. The predicted molar refractivity (Wildman–Crippen MR) is 70.9 cm³/mol. The lowest BCUT2D eigenvalue weighted by molar-refractivity contribution is -0.384. The monoisotopic (exact) mass is 280 g/mol. The van der Waals surface area contributed by atoms with Gasteiger partial charge in [-0.1, -0.05) is 26.0 Å².